The van der Waals surface area contributed by atoms with Crippen LogP contribution in [-0.4, -0.2) is 81.0 Å². The first-order valence-electron chi connectivity index (χ1n) is 15.9. The number of hydrogen-bond donors (Lipinski definition) is 0. The monoisotopic (exact) mass is 653 g/mol. The third-order valence-electron chi connectivity index (χ3n) is 8.96. The summed E-state index contributed by atoms with van der Waals surface area (Å²) >= 11 is 0. The van der Waals surface area contributed by atoms with E-state index < -0.39 is 0 Å². The number of hydrogen-bond acceptors (Lipinski definition) is 0. The Morgan fingerprint density at radius 3 is 0.538 bits per heavy atom. The van der Waals surface area contributed by atoms with Gasteiger partial charge in [0.25, 0.3) is 0 Å². The molecule has 0 bridgehead atoms. The molecule has 0 aromatic heterocycles. The molecule has 6 saturated heterocycles. The molecule has 7 nitrogen and oxygen atoms in total. The molecule has 2 N–H and O–H groups in total. The topological polar surface area (TPSA) is 116 Å². The summed E-state index contributed by atoms with van der Waals surface area (Å²) in [6.45, 7) is 6.56. The van der Waals surface area contributed by atoms with Crippen molar-refractivity contribution in [2.45, 2.75) is 152 Å². The Labute approximate surface area is 259 Å². The van der Waals surface area contributed by atoms with Crippen LogP contribution in [-0.2, 0) is 19.5 Å². The third-order valence-corrected chi connectivity index (χ3v) is 8.96. The van der Waals surface area contributed by atoms with Crippen molar-refractivity contribution in [3.63, 3.8) is 0 Å². The summed E-state index contributed by atoms with van der Waals surface area (Å²) in [5, 5.41) is 28.0. The zero-order chi connectivity index (χ0) is 24.7. The van der Waals surface area contributed by atoms with Crippen molar-refractivity contribution in [1.29, 1.82) is 0 Å². The zero-order valence-corrected chi connectivity index (χ0v) is 26.8. The van der Waals surface area contributed by atoms with Gasteiger partial charge in [-0.3, -0.25) is 0 Å². The second kappa shape index (κ2) is 23.1. The van der Waals surface area contributed by atoms with Gasteiger partial charge < -0.3 is 49.8 Å². The van der Waals surface area contributed by atoms with Crippen molar-refractivity contribution in [2.75, 3.05) is 39.3 Å². The van der Waals surface area contributed by atoms with Crippen molar-refractivity contribution in [3.05, 3.63) is 31.9 Å². The van der Waals surface area contributed by atoms with Crippen molar-refractivity contribution in [2.24, 2.45) is 0 Å². The molecule has 0 spiro atoms. The fourth-order valence-corrected chi connectivity index (χ4v) is 6.77. The van der Waals surface area contributed by atoms with Gasteiger partial charge in [0.2, 0.25) is 0 Å². The molecular weight excluding hydrogens is 597 g/mol. The number of piperidine rings is 6. The first kappa shape index (κ1) is 37.7. The van der Waals surface area contributed by atoms with Crippen LogP contribution in [0.4, 0.5) is 0 Å². The van der Waals surface area contributed by atoms with E-state index in [9.17, 15) is 0 Å². The summed E-state index contributed by atoms with van der Waals surface area (Å²) in [6.07, 6.45) is 23.9. The molecule has 0 saturated carbocycles. The van der Waals surface area contributed by atoms with Crippen molar-refractivity contribution >= 4 is 0 Å². The quantitative estimate of drug-likeness (QED) is 0.394. The van der Waals surface area contributed by atoms with E-state index in [-0.39, 0.29) is 37.4 Å². The summed E-state index contributed by atoms with van der Waals surface area (Å²) in [5.41, 5.74) is 0. The molecule has 6 aliphatic rings. The number of rotatable bonds is 3. The first-order valence-corrected chi connectivity index (χ1v) is 15.9. The summed E-state index contributed by atoms with van der Waals surface area (Å²) < 4.78 is 0. The molecule has 0 aliphatic carbocycles. The van der Waals surface area contributed by atoms with Crippen LogP contribution >= 0.6 is 0 Å². The molecular formula is C30H56ClN6ORu+. The molecule has 39 heavy (non-hydrogen) atoms. The van der Waals surface area contributed by atoms with Crippen LogP contribution in [0.2, 0.25) is 0 Å². The second-order valence-electron chi connectivity index (χ2n) is 11.8. The Balaban J connectivity index is 0.000000282. The van der Waals surface area contributed by atoms with Gasteiger partial charge in [0, 0.05) is 0 Å². The first-order chi connectivity index (χ1) is 17.9. The maximum atomic E-state index is 4.66. The second-order valence-corrected chi connectivity index (χ2v) is 11.8. The maximum Gasteiger partial charge on any atom is 8.00 e. The zero-order valence-electron chi connectivity index (χ0n) is 24.3. The Morgan fingerprint density at radius 2 is 0.436 bits per heavy atom. The molecule has 6 heterocycles. The molecule has 0 aromatic rings. The minimum atomic E-state index is 0. The largest absolute Gasteiger partial charge is 8.00 e. The summed E-state index contributed by atoms with van der Waals surface area (Å²) in [4.78, 5) is 0. The van der Waals surface area contributed by atoms with E-state index in [1.807, 2.05) is 0 Å². The third kappa shape index (κ3) is 14.1. The van der Waals surface area contributed by atoms with E-state index in [2.05, 4.69) is 31.9 Å². The minimum Gasteiger partial charge on any atom is -1.00 e. The molecule has 6 atom stereocenters. The SMILES string of the molecule is C1CCC(C2CCCC[N-]2)[N-]C1.C1CCC(C2CCCC[N-]2)[N-]C1.C1CCC(C2CCCC[N-]2)[N-]C1.O.[Cl-].[Ru+8]. The molecule has 226 valence electrons. The molecule has 6 rings (SSSR count). The molecule has 0 aromatic carbocycles. The van der Waals surface area contributed by atoms with Gasteiger partial charge in [0.15, 0.2) is 0 Å². The summed E-state index contributed by atoms with van der Waals surface area (Å²) in [6, 6.07) is 3.58. The molecule has 9 heteroatoms. The Morgan fingerprint density at radius 1 is 0.282 bits per heavy atom. The number of halogens is 1. The van der Waals surface area contributed by atoms with Crippen molar-refractivity contribution < 1.29 is 37.4 Å². The van der Waals surface area contributed by atoms with Gasteiger partial charge in [-0.05, 0) is 0 Å². The minimum absolute atomic E-state index is 0. The fraction of sp³-hybridized carbons (Fsp3) is 1.00. The van der Waals surface area contributed by atoms with E-state index in [0.717, 1.165) is 39.3 Å². The molecule has 0 amide bonds. The van der Waals surface area contributed by atoms with Crippen LogP contribution in [0.15, 0.2) is 0 Å². The molecule has 6 fully saturated rings. The predicted molar refractivity (Wildman–Crippen MR) is 159 cm³/mol. The van der Waals surface area contributed by atoms with E-state index in [1.54, 1.807) is 0 Å². The van der Waals surface area contributed by atoms with E-state index in [1.165, 1.54) is 116 Å². The van der Waals surface area contributed by atoms with Crippen molar-refractivity contribution in [1.82, 2.24) is 0 Å². The fourth-order valence-electron chi connectivity index (χ4n) is 6.77. The van der Waals surface area contributed by atoms with Crippen LogP contribution in [0.3, 0.4) is 0 Å². The van der Waals surface area contributed by atoms with Crippen molar-refractivity contribution in [3.8, 4) is 0 Å². The van der Waals surface area contributed by atoms with Gasteiger partial charge in [-0.1, -0.05) is 116 Å². The van der Waals surface area contributed by atoms with E-state index in [0.29, 0.717) is 36.3 Å². The Hall–Kier alpha value is 0.633. The van der Waals surface area contributed by atoms with Gasteiger partial charge in [0.05, 0.1) is 0 Å². The maximum absolute atomic E-state index is 4.66. The summed E-state index contributed by atoms with van der Waals surface area (Å²) in [5.74, 6) is 0. The van der Waals surface area contributed by atoms with Crippen LogP contribution in [0.5, 0.6) is 0 Å². The van der Waals surface area contributed by atoms with E-state index in [4.69, 9.17) is 0 Å². The average molecular weight is 653 g/mol. The van der Waals surface area contributed by atoms with E-state index >= 15 is 0 Å². The van der Waals surface area contributed by atoms with Gasteiger partial charge in [-0.25, -0.2) is 0 Å². The Bertz CT molecular complexity index is 419. The van der Waals surface area contributed by atoms with Gasteiger partial charge in [-0.15, -0.1) is 39.3 Å². The van der Waals surface area contributed by atoms with Gasteiger partial charge >= 0.3 is 19.5 Å². The van der Waals surface area contributed by atoms with Crippen LogP contribution in [0, 0.1) is 0 Å². The van der Waals surface area contributed by atoms with Gasteiger partial charge in [-0.2, -0.15) is 36.3 Å². The van der Waals surface area contributed by atoms with Crippen LogP contribution < -0.4 is 12.4 Å². The number of nitrogens with zero attached hydrogens (tertiary/aromatic N) is 6. The normalized spacial score (nSPS) is 35.1. The van der Waals surface area contributed by atoms with Gasteiger partial charge in [0.1, 0.15) is 0 Å². The average Bonchev–Trinajstić information content (AvgIpc) is 3.01. The van der Waals surface area contributed by atoms with Crippen LogP contribution in [0.1, 0.15) is 116 Å². The van der Waals surface area contributed by atoms with Crippen LogP contribution in [0.25, 0.3) is 31.9 Å². The standard InChI is InChI=1S/3C10H18N2.ClH.H2O.Ru/c3*1-3-7-11-9(5-1)10-6-2-4-8-12-10;;;/h3*9-10H,1-8H2;1H;1H2;/q3*-2;;;+8/p-1. The molecule has 6 aliphatic heterocycles. The summed E-state index contributed by atoms with van der Waals surface area (Å²) in [7, 11) is 0. The Kier molecular flexibility index (Phi) is 22.3. The smallest absolute Gasteiger partial charge is 1.00 e. The predicted octanol–water partition coefficient (Wildman–Crippen LogP) is 4.69. The molecule has 0 radical (unpaired) electrons. The molecule has 6 unspecified atom stereocenters.